The molecular weight excluding hydrogens is 688 g/mol. The second kappa shape index (κ2) is 17.3. The summed E-state index contributed by atoms with van der Waals surface area (Å²) in [4.78, 5) is 55.7. The Morgan fingerprint density at radius 3 is 2.38 bits per heavy atom. The third-order valence-electron chi connectivity index (χ3n) is 8.35. The summed E-state index contributed by atoms with van der Waals surface area (Å²) >= 11 is 0. The zero-order valence-corrected chi connectivity index (χ0v) is 29.7. The number of benzene rings is 2. The molecule has 0 saturated carbocycles. The Morgan fingerprint density at radius 2 is 1.70 bits per heavy atom. The van der Waals surface area contributed by atoms with E-state index in [9.17, 15) is 24.5 Å². The lowest BCUT2D eigenvalue weighted by atomic mass is 10.1. The number of aromatic nitrogens is 4. The van der Waals surface area contributed by atoms with Gasteiger partial charge in [0.15, 0.2) is 11.4 Å². The van der Waals surface area contributed by atoms with Crippen LogP contribution in [0.1, 0.15) is 43.8 Å². The van der Waals surface area contributed by atoms with Crippen LogP contribution in [0, 0.1) is 17.0 Å². The first-order valence-corrected chi connectivity index (χ1v) is 16.8. The molecule has 18 nitrogen and oxygen atoms in total. The summed E-state index contributed by atoms with van der Waals surface area (Å²) < 4.78 is 20.1. The molecule has 4 aromatic rings. The van der Waals surface area contributed by atoms with E-state index >= 15 is 0 Å². The highest BCUT2D eigenvalue weighted by atomic mass is 16.6. The van der Waals surface area contributed by atoms with Crippen LogP contribution in [0.25, 0.3) is 11.0 Å². The predicted octanol–water partition coefficient (Wildman–Crippen LogP) is 2.86. The van der Waals surface area contributed by atoms with Crippen molar-refractivity contribution in [3.63, 3.8) is 0 Å². The van der Waals surface area contributed by atoms with E-state index in [-0.39, 0.29) is 53.9 Å². The van der Waals surface area contributed by atoms with E-state index in [1.807, 2.05) is 13.0 Å². The van der Waals surface area contributed by atoms with Crippen molar-refractivity contribution >= 4 is 46.1 Å². The number of nitrogens with zero attached hydrogens (tertiary/aromatic N) is 6. The van der Waals surface area contributed by atoms with Gasteiger partial charge in [0.2, 0.25) is 17.8 Å². The monoisotopic (exact) mass is 730 g/mol. The van der Waals surface area contributed by atoms with Gasteiger partial charge in [-0.2, -0.15) is 5.10 Å². The summed E-state index contributed by atoms with van der Waals surface area (Å²) in [6, 6.07) is 7.12. The molecule has 0 aliphatic carbocycles. The van der Waals surface area contributed by atoms with Crippen molar-refractivity contribution in [2.75, 3.05) is 63.7 Å². The molecule has 280 valence electrons. The van der Waals surface area contributed by atoms with Crippen molar-refractivity contribution in [1.82, 2.24) is 24.2 Å². The number of ether oxygens (including phenoxy) is 3. The van der Waals surface area contributed by atoms with Gasteiger partial charge in [0.1, 0.15) is 23.6 Å². The molecule has 0 bridgehead atoms. The molecular formula is C35H42N10O8. The van der Waals surface area contributed by atoms with E-state index < -0.39 is 22.6 Å². The van der Waals surface area contributed by atoms with Gasteiger partial charge >= 0.3 is 0 Å². The number of fused-ring (bicyclic) bond motifs is 1. The van der Waals surface area contributed by atoms with Gasteiger partial charge in [-0.25, -0.2) is 4.98 Å². The number of hydrogen-bond donors (Lipinski definition) is 4. The third-order valence-corrected chi connectivity index (χ3v) is 8.35. The van der Waals surface area contributed by atoms with Crippen molar-refractivity contribution in [2.24, 2.45) is 11.5 Å². The minimum Gasteiger partial charge on any atom is -0.494 e. The van der Waals surface area contributed by atoms with Gasteiger partial charge in [0.25, 0.3) is 11.6 Å². The largest absolute Gasteiger partial charge is 0.494 e. The Kier molecular flexibility index (Phi) is 12.4. The van der Waals surface area contributed by atoms with Crippen LogP contribution in [0.15, 0.2) is 54.6 Å². The normalized spacial score (nSPS) is 13.5. The maximum atomic E-state index is 13.4. The fourth-order valence-electron chi connectivity index (χ4n) is 5.75. The minimum atomic E-state index is -0.838. The van der Waals surface area contributed by atoms with E-state index in [0.717, 1.165) is 19.2 Å². The van der Waals surface area contributed by atoms with E-state index in [2.05, 4.69) is 25.6 Å². The number of morpholine rings is 1. The number of nitrogens with two attached hydrogens (primary N) is 2. The second-order valence-corrected chi connectivity index (χ2v) is 11.9. The highest BCUT2D eigenvalue weighted by Gasteiger charge is 2.23. The lowest BCUT2D eigenvalue weighted by Crippen LogP contribution is -2.36. The average Bonchev–Trinajstić information content (AvgIpc) is 3.70. The van der Waals surface area contributed by atoms with Crippen LogP contribution in [-0.2, 0) is 17.8 Å². The lowest BCUT2D eigenvalue weighted by Gasteiger charge is -2.25. The highest BCUT2D eigenvalue weighted by Crippen LogP contribution is 2.36. The number of imidazole rings is 1. The number of nitro benzene ring substituents is 1. The summed E-state index contributed by atoms with van der Waals surface area (Å²) in [5.41, 5.74) is 12.6. The van der Waals surface area contributed by atoms with Crippen LogP contribution in [0.4, 0.5) is 17.3 Å². The number of aryl methyl sites for hydroxylation is 2. The van der Waals surface area contributed by atoms with E-state index in [0.29, 0.717) is 54.5 Å². The first-order chi connectivity index (χ1) is 25.5. The SMILES string of the molecule is CCn1nc(C)cc1C(=O)Nc1nc2cc(C(N)=O)cc(OC)c2n1C/C=C/CNc1c(OC/C=C\CN2CCOCC2)cc(C(N)=O)cc1[N+](=O)[O-]. The molecule has 3 amide bonds. The molecule has 0 atom stereocenters. The number of hydrogen-bond acceptors (Lipinski definition) is 12. The van der Waals surface area contributed by atoms with Crippen molar-refractivity contribution < 1.29 is 33.5 Å². The fraction of sp³-hybridized carbons (Fsp3) is 0.343. The molecule has 0 spiro atoms. The lowest BCUT2D eigenvalue weighted by molar-refractivity contribution is -0.384. The first kappa shape index (κ1) is 38.0. The van der Waals surface area contributed by atoms with Gasteiger partial charge in [-0.05, 0) is 38.1 Å². The summed E-state index contributed by atoms with van der Waals surface area (Å²) in [5, 5.41) is 22.3. The molecule has 1 saturated heterocycles. The van der Waals surface area contributed by atoms with E-state index in [4.69, 9.17) is 25.7 Å². The van der Waals surface area contributed by atoms with E-state index in [1.165, 1.54) is 25.3 Å². The molecule has 18 heteroatoms. The maximum Gasteiger partial charge on any atom is 0.296 e. The standard InChI is InChI=1S/C35H42N10O8/c1-4-44-27(17-22(2)41-44)34(48)40-35-39-25-18-23(32(36)46)21-29(51-3)31(25)43(35)11-6-5-9-38-30-26(45(49)50)19-24(33(37)47)20-28(30)53-14-8-7-10-42-12-15-52-16-13-42/h5-8,17-21,38H,4,9-16H2,1-3H3,(H2,36,46)(H2,37,47)(H,39,40,48)/b6-5+,8-7-. The Morgan fingerprint density at radius 1 is 1.00 bits per heavy atom. The van der Waals surface area contributed by atoms with Crippen LogP contribution in [0.5, 0.6) is 11.5 Å². The van der Waals surface area contributed by atoms with Gasteiger partial charge in [-0.1, -0.05) is 24.3 Å². The summed E-state index contributed by atoms with van der Waals surface area (Å²) in [6.45, 7) is 8.17. The molecule has 1 aliphatic rings. The van der Waals surface area contributed by atoms with Gasteiger partial charge in [0, 0.05) is 56.5 Å². The van der Waals surface area contributed by atoms with Crippen LogP contribution in [0.2, 0.25) is 0 Å². The minimum absolute atomic E-state index is 0.0655. The average molecular weight is 731 g/mol. The highest BCUT2D eigenvalue weighted by molar-refractivity contribution is 6.04. The fourth-order valence-corrected chi connectivity index (χ4v) is 5.75. The van der Waals surface area contributed by atoms with Gasteiger partial charge < -0.3 is 35.6 Å². The van der Waals surface area contributed by atoms with Crippen molar-refractivity contribution in [1.29, 1.82) is 0 Å². The number of amides is 3. The number of methoxy groups -OCH3 is 1. The smallest absolute Gasteiger partial charge is 0.296 e. The first-order valence-electron chi connectivity index (χ1n) is 16.8. The molecule has 0 unspecified atom stereocenters. The summed E-state index contributed by atoms with van der Waals surface area (Å²) in [6.07, 6.45) is 7.21. The van der Waals surface area contributed by atoms with Crippen molar-refractivity contribution in [2.45, 2.75) is 26.9 Å². The third kappa shape index (κ3) is 9.16. The Balaban J connectivity index is 1.38. The number of carbonyl (C=O) groups excluding carboxylic acids is 3. The molecule has 0 radical (unpaired) electrons. The van der Waals surface area contributed by atoms with Gasteiger partial charge in [0.05, 0.1) is 36.5 Å². The molecule has 2 aromatic heterocycles. The van der Waals surface area contributed by atoms with Crippen LogP contribution < -0.4 is 31.6 Å². The number of primary amides is 2. The van der Waals surface area contributed by atoms with Crippen molar-refractivity contribution in [3.8, 4) is 11.5 Å². The summed E-state index contributed by atoms with van der Waals surface area (Å²) in [7, 11) is 1.44. The molecule has 1 fully saturated rings. The molecule has 6 N–H and O–H groups in total. The zero-order chi connectivity index (χ0) is 38.1. The maximum absolute atomic E-state index is 13.4. The number of nitrogens with one attached hydrogen (secondary N) is 2. The van der Waals surface area contributed by atoms with Gasteiger partial charge in [-0.15, -0.1) is 0 Å². The quantitative estimate of drug-likeness (QED) is 0.0697. The zero-order valence-electron chi connectivity index (χ0n) is 29.7. The molecule has 53 heavy (non-hydrogen) atoms. The number of carbonyl (C=O) groups is 3. The number of allylic oxidation sites excluding steroid dienone is 1. The van der Waals surface area contributed by atoms with Crippen molar-refractivity contribution in [3.05, 3.63) is 87.3 Å². The van der Waals surface area contributed by atoms with Crippen LogP contribution in [0.3, 0.4) is 0 Å². The Bertz CT molecular complexity index is 2060. The summed E-state index contributed by atoms with van der Waals surface area (Å²) in [5.74, 6) is -1.41. The number of nitro groups is 1. The molecule has 5 rings (SSSR count). The number of rotatable bonds is 17. The van der Waals surface area contributed by atoms with Gasteiger partial charge in [-0.3, -0.25) is 39.4 Å². The topological polar surface area (TPSA) is 237 Å². The Labute approximate surface area is 304 Å². The van der Waals surface area contributed by atoms with E-state index in [1.54, 1.807) is 40.5 Å². The molecule has 3 heterocycles. The molecule has 2 aromatic carbocycles. The Hall–Kier alpha value is -6.27. The molecule has 1 aliphatic heterocycles. The predicted molar refractivity (Wildman–Crippen MR) is 197 cm³/mol. The second-order valence-electron chi connectivity index (χ2n) is 11.9. The number of anilines is 2. The van der Waals surface area contributed by atoms with Crippen LogP contribution >= 0.6 is 0 Å². The van der Waals surface area contributed by atoms with Crippen LogP contribution in [-0.4, -0.2) is 100.0 Å².